The lowest BCUT2D eigenvalue weighted by atomic mass is 10.2. The zero-order valence-corrected chi connectivity index (χ0v) is 9.09. The van der Waals surface area contributed by atoms with E-state index in [1.807, 2.05) is 13.8 Å². The van der Waals surface area contributed by atoms with Crippen molar-refractivity contribution in [2.75, 3.05) is 0 Å². The van der Waals surface area contributed by atoms with Crippen LogP contribution in [0.2, 0.25) is 0 Å². The normalized spacial score (nSPS) is 15.9. The first-order valence-corrected chi connectivity index (χ1v) is 5.21. The molecule has 0 spiro atoms. The first-order chi connectivity index (χ1) is 6.66. The Balaban J connectivity index is 2.08. The summed E-state index contributed by atoms with van der Waals surface area (Å²) in [6, 6.07) is 0.723. The molecule has 0 atom stereocenters. The summed E-state index contributed by atoms with van der Waals surface area (Å²) in [5.74, 6) is 0.928. The van der Waals surface area contributed by atoms with E-state index >= 15 is 0 Å². The van der Waals surface area contributed by atoms with Crippen molar-refractivity contribution in [2.45, 2.75) is 46.2 Å². The predicted octanol–water partition coefficient (Wildman–Crippen LogP) is 1.65. The van der Waals surface area contributed by atoms with E-state index < -0.39 is 0 Å². The largest absolute Gasteiger partial charge is 0.307 e. The smallest absolute Gasteiger partial charge is 0.142 e. The molecule has 1 N–H and O–H groups in total. The molecular formula is C11H17N3. The predicted molar refractivity (Wildman–Crippen MR) is 56.1 cm³/mol. The lowest BCUT2D eigenvalue weighted by Crippen LogP contribution is -2.18. The minimum atomic E-state index is 0.723. The molecule has 3 heteroatoms. The number of hydrogen-bond donors (Lipinski definition) is 1. The van der Waals surface area contributed by atoms with Gasteiger partial charge in [-0.05, 0) is 39.2 Å². The van der Waals surface area contributed by atoms with Crippen LogP contribution in [0.25, 0.3) is 0 Å². The highest BCUT2D eigenvalue weighted by atomic mass is 15.0. The molecule has 14 heavy (non-hydrogen) atoms. The van der Waals surface area contributed by atoms with E-state index in [0.717, 1.165) is 29.8 Å². The number of nitrogens with zero attached hydrogens (tertiary/aromatic N) is 2. The molecule has 1 aliphatic rings. The third-order valence-electron chi connectivity index (χ3n) is 2.81. The minimum Gasteiger partial charge on any atom is -0.307 e. The molecule has 1 aliphatic carbocycles. The van der Waals surface area contributed by atoms with E-state index in [-0.39, 0.29) is 0 Å². The lowest BCUT2D eigenvalue weighted by Gasteiger charge is -2.07. The second kappa shape index (κ2) is 3.65. The molecule has 1 fully saturated rings. The van der Waals surface area contributed by atoms with Crippen LogP contribution >= 0.6 is 0 Å². The first-order valence-electron chi connectivity index (χ1n) is 5.21. The summed E-state index contributed by atoms with van der Waals surface area (Å²) in [4.78, 5) is 8.92. The molecule has 1 aromatic heterocycles. The van der Waals surface area contributed by atoms with E-state index in [1.54, 1.807) is 0 Å². The fourth-order valence-corrected chi connectivity index (χ4v) is 1.44. The van der Waals surface area contributed by atoms with E-state index in [0.29, 0.717) is 0 Å². The average molecular weight is 191 g/mol. The van der Waals surface area contributed by atoms with Crippen molar-refractivity contribution in [3.05, 3.63) is 22.8 Å². The van der Waals surface area contributed by atoms with Crippen LogP contribution in [-0.2, 0) is 6.54 Å². The fraction of sp³-hybridized carbons (Fsp3) is 0.636. The van der Waals surface area contributed by atoms with Gasteiger partial charge in [-0.1, -0.05) is 0 Å². The van der Waals surface area contributed by atoms with E-state index in [9.17, 15) is 0 Å². The summed E-state index contributed by atoms with van der Waals surface area (Å²) in [6.07, 6.45) is 2.62. The third kappa shape index (κ3) is 2.10. The Morgan fingerprint density at radius 3 is 2.21 bits per heavy atom. The van der Waals surface area contributed by atoms with Gasteiger partial charge >= 0.3 is 0 Å². The number of nitrogens with one attached hydrogen (secondary N) is 1. The van der Waals surface area contributed by atoms with Crippen molar-refractivity contribution in [3.8, 4) is 0 Å². The van der Waals surface area contributed by atoms with Crippen molar-refractivity contribution in [2.24, 2.45) is 0 Å². The van der Waals surface area contributed by atoms with Gasteiger partial charge in [-0.25, -0.2) is 9.97 Å². The zero-order valence-electron chi connectivity index (χ0n) is 9.09. The molecule has 1 saturated carbocycles. The van der Waals surface area contributed by atoms with Gasteiger partial charge < -0.3 is 5.32 Å². The highest BCUT2D eigenvalue weighted by Crippen LogP contribution is 2.19. The lowest BCUT2D eigenvalue weighted by molar-refractivity contribution is 0.652. The van der Waals surface area contributed by atoms with Gasteiger partial charge in [0.25, 0.3) is 0 Å². The second-order valence-corrected chi connectivity index (χ2v) is 4.09. The maximum absolute atomic E-state index is 4.46. The second-order valence-electron chi connectivity index (χ2n) is 4.09. The first kappa shape index (κ1) is 9.59. The van der Waals surface area contributed by atoms with Crippen LogP contribution in [0.1, 0.15) is 35.6 Å². The Morgan fingerprint density at radius 1 is 1.14 bits per heavy atom. The number of hydrogen-bond acceptors (Lipinski definition) is 3. The summed E-state index contributed by atoms with van der Waals surface area (Å²) in [5, 5.41) is 3.42. The summed E-state index contributed by atoms with van der Waals surface area (Å²) < 4.78 is 0. The Kier molecular flexibility index (Phi) is 2.50. The number of rotatable bonds is 3. The van der Waals surface area contributed by atoms with Crippen LogP contribution in [0.15, 0.2) is 0 Å². The van der Waals surface area contributed by atoms with Gasteiger partial charge in [0.05, 0.1) is 6.54 Å². The quantitative estimate of drug-likeness (QED) is 0.789. The average Bonchev–Trinajstić information content (AvgIpc) is 2.94. The van der Waals surface area contributed by atoms with Gasteiger partial charge in [-0.15, -0.1) is 0 Å². The molecule has 0 bridgehead atoms. The topological polar surface area (TPSA) is 37.8 Å². The molecule has 1 aromatic rings. The molecular weight excluding hydrogens is 174 g/mol. The van der Waals surface area contributed by atoms with Crippen molar-refractivity contribution >= 4 is 0 Å². The maximum Gasteiger partial charge on any atom is 0.142 e. The van der Waals surface area contributed by atoms with Gasteiger partial charge in [0.2, 0.25) is 0 Å². The standard InChI is InChI=1S/C11H17N3/c1-7-8(2)13-11(14-9(7)3)6-12-10-4-5-10/h10,12H,4-6H2,1-3H3. The van der Waals surface area contributed by atoms with Gasteiger partial charge in [0, 0.05) is 17.4 Å². The highest BCUT2D eigenvalue weighted by molar-refractivity contribution is 5.22. The highest BCUT2D eigenvalue weighted by Gasteiger charge is 2.20. The number of aryl methyl sites for hydroxylation is 2. The molecule has 0 aromatic carbocycles. The Bertz CT molecular complexity index is 319. The van der Waals surface area contributed by atoms with Gasteiger partial charge in [0.1, 0.15) is 5.82 Å². The monoisotopic (exact) mass is 191 g/mol. The van der Waals surface area contributed by atoms with E-state index in [4.69, 9.17) is 0 Å². The summed E-state index contributed by atoms with van der Waals surface area (Å²) in [6.45, 7) is 6.98. The SMILES string of the molecule is Cc1nc(CNC2CC2)nc(C)c1C. The molecule has 2 rings (SSSR count). The zero-order chi connectivity index (χ0) is 10.1. The third-order valence-corrected chi connectivity index (χ3v) is 2.81. The van der Waals surface area contributed by atoms with Gasteiger partial charge in [-0.2, -0.15) is 0 Å². The van der Waals surface area contributed by atoms with Gasteiger partial charge in [-0.3, -0.25) is 0 Å². The molecule has 0 amide bonds. The maximum atomic E-state index is 4.46. The van der Waals surface area contributed by atoms with Crippen LogP contribution in [0.4, 0.5) is 0 Å². The van der Waals surface area contributed by atoms with Crippen LogP contribution < -0.4 is 5.32 Å². The Morgan fingerprint density at radius 2 is 1.71 bits per heavy atom. The van der Waals surface area contributed by atoms with E-state index in [1.165, 1.54) is 18.4 Å². The molecule has 0 saturated heterocycles. The van der Waals surface area contributed by atoms with Crippen molar-refractivity contribution in [3.63, 3.8) is 0 Å². The molecule has 0 unspecified atom stereocenters. The van der Waals surface area contributed by atoms with Crippen molar-refractivity contribution < 1.29 is 0 Å². The molecule has 3 nitrogen and oxygen atoms in total. The molecule has 1 heterocycles. The number of aromatic nitrogens is 2. The van der Waals surface area contributed by atoms with Crippen LogP contribution in [0, 0.1) is 20.8 Å². The van der Waals surface area contributed by atoms with Crippen molar-refractivity contribution in [1.29, 1.82) is 0 Å². The van der Waals surface area contributed by atoms with Crippen LogP contribution in [0.5, 0.6) is 0 Å². The summed E-state index contributed by atoms with van der Waals surface area (Å²) in [7, 11) is 0. The van der Waals surface area contributed by atoms with Crippen LogP contribution in [0.3, 0.4) is 0 Å². The van der Waals surface area contributed by atoms with Gasteiger partial charge in [0.15, 0.2) is 0 Å². The summed E-state index contributed by atoms with van der Waals surface area (Å²) in [5.41, 5.74) is 3.41. The van der Waals surface area contributed by atoms with Crippen molar-refractivity contribution in [1.82, 2.24) is 15.3 Å². The minimum absolute atomic E-state index is 0.723. The van der Waals surface area contributed by atoms with E-state index in [2.05, 4.69) is 22.2 Å². The molecule has 0 aliphatic heterocycles. The summed E-state index contributed by atoms with van der Waals surface area (Å²) >= 11 is 0. The Labute approximate surface area is 85.0 Å². The molecule has 76 valence electrons. The Hall–Kier alpha value is -0.960. The van der Waals surface area contributed by atoms with Crippen LogP contribution in [-0.4, -0.2) is 16.0 Å². The molecule has 0 radical (unpaired) electrons. The fourth-order valence-electron chi connectivity index (χ4n) is 1.44.